The maximum Gasteiger partial charge on any atom is 0.326 e. The lowest BCUT2D eigenvalue weighted by Crippen LogP contribution is -2.50. The highest BCUT2D eigenvalue weighted by atomic mass is 16.5. The molecule has 9 heteroatoms. The molecule has 2 amide bonds. The average Bonchev–Trinajstić information content (AvgIpc) is 2.34. The fraction of sp³-hybridized carbons (Fsp3) is 0.636. The summed E-state index contributed by atoms with van der Waals surface area (Å²) in [6.45, 7) is 3.17. The molecular formula is C11H18N2O7. The van der Waals surface area contributed by atoms with Gasteiger partial charge in [0.2, 0.25) is 0 Å². The molecule has 1 unspecified atom stereocenters. The van der Waals surface area contributed by atoms with E-state index in [4.69, 9.17) is 10.2 Å². The van der Waals surface area contributed by atoms with Gasteiger partial charge in [0, 0.05) is 6.54 Å². The molecule has 0 aliphatic carbocycles. The number of urea groups is 1. The second kappa shape index (κ2) is 8.73. The molecule has 0 bridgehead atoms. The van der Waals surface area contributed by atoms with Gasteiger partial charge in [-0.2, -0.15) is 0 Å². The topological polar surface area (TPSA) is 133 Å². The van der Waals surface area contributed by atoms with Crippen LogP contribution in [-0.4, -0.2) is 64.8 Å². The summed E-state index contributed by atoms with van der Waals surface area (Å²) in [5.41, 5.74) is 0. The smallest absolute Gasteiger partial charge is 0.326 e. The second-order valence-corrected chi connectivity index (χ2v) is 3.76. The van der Waals surface area contributed by atoms with E-state index in [1.807, 2.05) is 5.32 Å². The summed E-state index contributed by atoms with van der Waals surface area (Å²) >= 11 is 0. The first-order chi connectivity index (χ1) is 9.31. The summed E-state index contributed by atoms with van der Waals surface area (Å²) in [7, 11) is 0. The van der Waals surface area contributed by atoms with Crippen LogP contribution in [0.3, 0.4) is 0 Å². The molecule has 0 radical (unpaired) electrons. The molecule has 0 heterocycles. The van der Waals surface area contributed by atoms with Gasteiger partial charge in [-0.25, -0.2) is 9.59 Å². The molecule has 9 nitrogen and oxygen atoms in total. The van der Waals surface area contributed by atoms with Crippen LogP contribution in [-0.2, 0) is 19.1 Å². The Morgan fingerprint density at radius 1 is 1.20 bits per heavy atom. The predicted molar refractivity (Wildman–Crippen MR) is 66.1 cm³/mol. The number of carbonyl (C=O) groups excluding carboxylic acids is 2. The zero-order valence-corrected chi connectivity index (χ0v) is 11.3. The summed E-state index contributed by atoms with van der Waals surface area (Å²) in [6, 6.07) is -2.40. The number of carboxylic acid groups (broad SMARTS) is 2. The molecule has 0 aromatic rings. The fourth-order valence-corrected chi connectivity index (χ4v) is 1.30. The zero-order chi connectivity index (χ0) is 15.7. The molecule has 0 fully saturated rings. The van der Waals surface area contributed by atoms with Crippen LogP contribution >= 0.6 is 0 Å². The number of carbonyl (C=O) groups is 4. The molecule has 114 valence electrons. The lowest BCUT2D eigenvalue weighted by Gasteiger charge is -2.22. The van der Waals surface area contributed by atoms with Gasteiger partial charge in [-0.1, -0.05) is 0 Å². The normalized spacial score (nSPS) is 11.3. The van der Waals surface area contributed by atoms with Crippen LogP contribution in [0.4, 0.5) is 4.79 Å². The van der Waals surface area contributed by atoms with Gasteiger partial charge >= 0.3 is 23.9 Å². The van der Waals surface area contributed by atoms with Crippen LogP contribution in [0.25, 0.3) is 0 Å². The van der Waals surface area contributed by atoms with E-state index in [9.17, 15) is 19.2 Å². The number of nitrogens with one attached hydrogen (secondary N) is 1. The summed E-state index contributed by atoms with van der Waals surface area (Å²) in [5, 5.41) is 19.4. The van der Waals surface area contributed by atoms with E-state index >= 15 is 0 Å². The Kier molecular flexibility index (Phi) is 7.71. The summed E-state index contributed by atoms with van der Waals surface area (Å²) in [6.07, 6.45) is -0.752. The van der Waals surface area contributed by atoms with Crippen LogP contribution in [0.2, 0.25) is 0 Å². The molecule has 0 rings (SSSR count). The van der Waals surface area contributed by atoms with Crippen LogP contribution in [0.1, 0.15) is 20.3 Å². The number of nitrogens with zero attached hydrogens (tertiary/aromatic N) is 1. The van der Waals surface area contributed by atoms with E-state index in [1.54, 1.807) is 13.8 Å². The van der Waals surface area contributed by atoms with Gasteiger partial charge in [-0.15, -0.1) is 0 Å². The first-order valence-corrected chi connectivity index (χ1v) is 5.97. The van der Waals surface area contributed by atoms with Crippen molar-refractivity contribution in [2.24, 2.45) is 0 Å². The minimum atomic E-state index is -1.56. The van der Waals surface area contributed by atoms with Crippen molar-refractivity contribution in [2.75, 3.05) is 19.7 Å². The highest BCUT2D eigenvalue weighted by Gasteiger charge is 2.26. The molecule has 20 heavy (non-hydrogen) atoms. The van der Waals surface area contributed by atoms with Gasteiger partial charge in [-0.3, -0.25) is 9.59 Å². The Morgan fingerprint density at radius 3 is 2.20 bits per heavy atom. The van der Waals surface area contributed by atoms with Crippen molar-refractivity contribution >= 4 is 23.9 Å². The van der Waals surface area contributed by atoms with Gasteiger partial charge < -0.3 is 25.2 Å². The van der Waals surface area contributed by atoms with Crippen molar-refractivity contribution in [3.8, 4) is 0 Å². The SMILES string of the molecule is CCOC(=O)CN(CC)C(=O)NC(CC(=O)O)C(=O)O. The largest absolute Gasteiger partial charge is 0.481 e. The summed E-state index contributed by atoms with van der Waals surface area (Å²) < 4.78 is 4.67. The number of likely N-dealkylation sites (N-methyl/N-ethyl adjacent to an activating group) is 1. The number of ether oxygens (including phenoxy) is 1. The Balaban J connectivity index is 4.62. The molecule has 0 saturated carbocycles. The molecule has 0 aliphatic heterocycles. The van der Waals surface area contributed by atoms with Crippen molar-refractivity contribution < 1.29 is 34.1 Å². The van der Waals surface area contributed by atoms with Gasteiger partial charge in [0.15, 0.2) is 0 Å². The summed E-state index contributed by atoms with van der Waals surface area (Å²) in [4.78, 5) is 45.4. The van der Waals surface area contributed by atoms with Crippen LogP contribution in [0, 0.1) is 0 Å². The van der Waals surface area contributed by atoms with Gasteiger partial charge in [0.25, 0.3) is 0 Å². The van der Waals surface area contributed by atoms with Crippen LogP contribution < -0.4 is 5.32 Å². The van der Waals surface area contributed by atoms with E-state index in [0.717, 1.165) is 4.90 Å². The number of aliphatic carboxylic acids is 2. The number of hydrogen-bond donors (Lipinski definition) is 3. The van der Waals surface area contributed by atoms with E-state index in [1.165, 1.54) is 0 Å². The monoisotopic (exact) mass is 290 g/mol. The lowest BCUT2D eigenvalue weighted by atomic mass is 10.2. The Labute approximate surface area is 115 Å². The van der Waals surface area contributed by atoms with Gasteiger partial charge in [0.05, 0.1) is 13.0 Å². The second-order valence-electron chi connectivity index (χ2n) is 3.76. The number of carboxylic acids is 2. The van der Waals surface area contributed by atoms with Crippen LogP contribution in [0.5, 0.6) is 0 Å². The molecule has 0 aliphatic rings. The molecule has 0 spiro atoms. The van der Waals surface area contributed by atoms with E-state index in [2.05, 4.69) is 4.74 Å². The third-order valence-electron chi connectivity index (χ3n) is 2.27. The molecule has 0 aromatic heterocycles. The molecule has 0 saturated heterocycles. The van der Waals surface area contributed by atoms with Crippen molar-refractivity contribution in [1.29, 1.82) is 0 Å². The van der Waals surface area contributed by atoms with Crippen molar-refractivity contribution in [1.82, 2.24) is 10.2 Å². The quantitative estimate of drug-likeness (QED) is 0.513. The maximum absolute atomic E-state index is 11.8. The van der Waals surface area contributed by atoms with Crippen molar-refractivity contribution in [3.63, 3.8) is 0 Å². The molecule has 3 N–H and O–H groups in total. The Hall–Kier alpha value is -2.32. The highest BCUT2D eigenvalue weighted by molar-refractivity contribution is 5.87. The maximum atomic E-state index is 11.8. The van der Waals surface area contributed by atoms with Crippen molar-refractivity contribution in [3.05, 3.63) is 0 Å². The zero-order valence-electron chi connectivity index (χ0n) is 11.3. The van der Waals surface area contributed by atoms with Crippen molar-refractivity contribution in [2.45, 2.75) is 26.3 Å². The fourth-order valence-electron chi connectivity index (χ4n) is 1.30. The third-order valence-corrected chi connectivity index (χ3v) is 2.27. The van der Waals surface area contributed by atoms with Crippen LogP contribution in [0.15, 0.2) is 0 Å². The number of esters is 1. The minimum absolute atomic E-state index is 0.143. The van der Waals surface area contributed by atoms with Gasteiger partial charge in [0.1, 0.15) is 12.6 Å². The predicted octanol–water partition coefficient (Wildman–Crippen LogP) is -0.491. The first kappa shape index (κ1) is 17.7. The summed E-state index contributed by atoms with van der Waals surface area (Å²) in [5.74, 6) is -3.45. The molecule has 1 atom stereocenters. The van der Waals surface area contributed by atoms with Gasteiger partial charge in [-0.05, 0) is 13.8 Å². The third kappa shape index (κ3) is 6.57. The van der Waals surface area contributed by atoms with E-state index in [0.29, 0.717) is 0 Å². The standard InChI is InChI=1S/C11H18N2O7/c1-3-13(6-9(16)20-4-2)11(19)12-7(10(17)18)5-8(14)15/h7H,3-6H2,1-2H3,(H,12,19)(H,14,15)(H,17,18). The Bertz CT molecular complexity index is 383. The number of amides is 2. The minimum Gasteiger partial charge on any atom is -0.481 e. The average molecular weight is 290 g/mol. The number of hydrogen-bond acceptors (Lipinski definition) is 5. The van der Waals surface area contributed by atoms with E-state index < -0.39 is 36.4 Å². The molecular weight excluding hydrogens is 272 g/mol. The number of rotatable bonds is 8. The lowest BCUT2D eigenvalue weighted by molar-refractivity contribution is -0.145. The molecule has 0 aromatic carbocycles. The van der Waals surface area contributed by atoms with E-state index in [-0.39, 0.29) is 19.7 Å². The first-order valence-electron chi connectivity index (χ1n) is 5.97. The Morgan fingerprint density at radius 2 is 1.80 bits per heavy atom. The highest BCUT2D eigenvalue weighted by Crippen LogP contribution is 1.97.